The number of carbonyl (C=O) groups is 3. The number of benzene rings is 2. The number of rotatable bonds is 6. The highest BCUT2D eigenvalue weighted by molar-refractivity contribution is 7.80. The van der Waals surface area contributed by atoms with Gasteiger partial charge in [-0.2, -0.15) is 13.2 Å². The second kappa shape index (κ2) is 11.5. The van der Waals surface area contributed by atoms with E-state index in [-0.39, 0.29) is 24.1 Å². The molecule has 2 aromatic carbocycles. The number of amides is 3. The van der Waals surface area contributed by atoms with E-state index < -0.39 is 36.1 Å². The minimum atomic E-state index is -4.58. The maximum atomic E-state index is 12.9. The Kier molecular flexibility index (Phi) is 8.67. The van der Waals surface area contributed by atoms with Crippen LogP contribution in [0.2, 0.25) is 0 Å². The van der Waals surface area contributed by atoms with Gasteiger partial charge in [0, 0.05) is 31.1 Å². The van der Waals surface area contributed by atoms with Gasteiger partial charge in [-0.3, -0.25) is 14.4 Å². The maximum absolute atomic E-state index is 12.9. The van der Waals surface area contributed by atoms with Gasteiger partial charge in [0.2, 0.25) is 11.8 Å². The van der Waals surface area contributed by atoms with Gasteiger partial charge in [0.05, 0.1) is 24.2 Å². The zero-order valence-electron chi connectivity index (χ0n) is 19.8. The predicted molar refractivity (Wildman–Crippen MR) is 132 cm³/mol. The third-order valence-electron chi connectivity index (χ3n) is 5.90. The van der Waals surface area contributed by atoms with Crippen LogP contribution in [0.3, 0.4) is 0 Å². The van der Waals surface area contributed by atoms with E-state index in [0.29, 0.717) is 18.0 Å². The molecule has 0 bridgehead atoms. The Morgan fingerprint density at radius 2 is 1.72 bits per heavy atom. The standard InChI is InChI=1S/C25H27F3N4O3S/c1-15-6-8-17(9-7-15)24(36)31-20-10-11-32(16(2)33)14-21(20)30-22(34)13-29-23(35)18-4-3-5-19(12-18)25(26,27)28/h3-9,12,20-21H,10-11,13-14H2,1-2H3,(H,29,35)(H,30,34)(H,31,36). The number of hydrogen-bond donors (Lipinski definition) is 3. The van der Waals surface area contributed by atoms with Crippen molar-refractivity contribution < 1.29 is 27.6 Å². The van der Waals surface area contributed by atoms with Crippen LogP contribution in [0.25, 0.3) is 0 Å². The van der Waals surface area contributed by atoms with Crippen LogP contribution in [0.5, 0.6) is 0 Å². The number of thiocarbonyl (C=S) groups is 1. The van der Waals surface area contributed by atoms with Crippen LogP contribution in [0.1, 0.15) is 40.4 Å². The monoisotopic (exact) mass is 520 g/mol. The number of hydrogen-bond acceptors (Lipinski definition) is 4. The molecule has 1 heterocycles. The van der Waals surface area contributed by atoms with Gasteiger partial charge in [-0.15, -0.1) is 0 Å². The molecule has 0 saturated carbocycles. The fraction of sp³-hybridized carbons (Fsp3) is 0.360. The van der Waals surface area contributed by atoms with E-state index in [2.05, 4.69) is 16.0 Å². The summed E-state index contributed by atoms with van der Waals surface area (Å²) < 4.78 is 38.7. The lowest BCUT2D eigenvalue weighted by Crippen LogP contribution is -2.61. The first-order chi connectivity index (χ1) is 16.9. The van der Waals surface area contributed by atoms with Crippen molar-refractivity contribution in [2.75, 3.05) is 19.6 Å². The number of nitrogens with one attached hydrogen (secondary N) is 3. The average Bonchev–Trinajstić information content (AvgIpc) is 2.83. The van der Waals surface area contributed by atoms with Crippen LogP contribution >= 0.6 is 12.2 Å². The normalized spacial score (nSPS) is 17.8. The molecule has 0 aliphatic carbocycles. The summed E-state index contributed by atoms with van der Waals surface area (Å²) in [7, 11) is 0. The minimum absolute atomic E-state index is 0.133. The molecule has 192 valence electrons. The van der Waals surface area contributed by atoms with Crippen LogP contribution in [0.4, 0.5) is 13.2 Å². The zero-order chi connectivity index (χ0) is 26.5. The largest absolute Gasteiger partial charge is 0.416 e. The van der Waals surface area contributed by atoms with E-state index in [9.17, 15) is 27.6 Å². The summed E-state index contributed by atoms with van der Waals surface area (Å²) in [5.41, 5.74) is 0.752. The Bertz CT molecular complexity index is 1140. The molecule has 0 radical (unpaired) electrons. The SMILES string of the molecule is CC(=O)N1CCC(NC(=S)c2ccc(C)cc2)C(NC(=O)CNC(=O)c2cccc(C(F)(F)F)c2)C1. The van der Waals surface area contributed by atoms with Crippen molar-refractivity contribution in [3.8, 4) is 0 Å². The number of piperidine rings is 1. The summed E-state index contributed by atoms with van der Waals surface area (Å²) >= 11 is 5.53. The topological polar surface area (TPSA) is 90.5 Å². The molecule has 2 atom stereocenters. The molecular weight excluding hydrogens is 493 g/mol. The molecular formula is C25H27F3N4O3S. The smallest absolute Gasteiger partial charge is 0.371 e. The van der Waals surface area contributed by atoms with Crippen molar-refractivity contribution >= 4 is 34.9 Å². The fourth-order valence-corrected chi connectivity index (χ4v) is 4.16. The van der Waals surface area contributed by atoms with Gasteiger partial charge in [0.1, 0.15) is 4.99 Å². The third-order valence-corrected chi connectivity index (χ3v) is 6.25. The van der Waals surface area contributed by atoms with Crippen molar-refractivity contribution in [2.45, 2.75) is 38.5 Å². The Morgan fingerprint density at radius 1 is 1.03 bits per heavy atom. The molecule has 1 aliphatic rings. The van der Waals surface area contributed by atoms with E-state index >= 15 is 0 Å². The van der Waals surface area contributed by atoms with Crippen molar-refractivity contribution in [3.05, 3.63) is 70.8 Å². The summed E-state index contributed by atoms with van der Waals surface area (Å²) in [5, 5.41) is 8.42. The molecule has 3 rings (SSSR count). The Labute approximate surface area is 212 Å². The van der Waals surface area contributed by atoms with Crippen LogP contribution < -0.4 is 16.0 Å². The van der Waals surface area contributed by atoms with Crippen LogP contribution in [-0.4, -0.2) is 59.3 Å². The lowest BCUT2D eigenvalue weighted by Gasteiger charge is -2.39. The lowest BCUT2D eigenvalue weighted by atomic mass is 9.98. The molecule has 3 amide bonds. The van der Waals surface area contributed by atoms with E-state index in [1.54, 1.807) is 4.90 Å². The number of halogens is 3. The molecule has 7 nitrogen and oxygen atoms in total. The molecule has 1 saturated heterocycles. The molecule has 1 aliphatic heterocycles. The molecule has 3 N–H and O–H groups in total. The molecule has 1 fully saturated rings. The van der Waals surface area contributed by atoms with E-state index in [4.69, 9.17) is 12.2 Å². The van der Waals surface area contributed by atoms with Gasteiger partial charge in [0.15, 0.2) is 0 Å². The van der Waals surface area contributed by atoms with Crippen LogP contribution in [0.15, 0.2) is 48.5 Å². The molecule has 36 heavy (non-hydrogen) atoms. The van der Waals surface area contributed by atoms with Gasteiger partial charge < -0.3 is 20.9 Å². The van der Waals surface area contributed by atoms with Gasteiger partial charge in [-0.1, -0.05) is 48.1 Å². The number of alkyl halides is 3. The van der Waals surface area contributed by atoms with E-state index in [1.165, 1.54) is 13.0 Å². The van der Waals surface area contributed by atoms with Crippen LogP contribution in [0, 0.1) is 6.92 Å². The summed E-state index contributed by atoms with van der Waals surface area (Å²) in [6, 6.07) is 10.9. The number of aryl methyl sites for hydroxylation is 1. The number of likely N-dealkylation sites (tertiary alicyclic amines) is 1. The minimum Gasteiger partial charge on any atom is -0.371 e. The van der Waals surface area contributed by atoms with Crippen molar-refractivity contribution in [1.29, 1.82) is 0 Å². The van der Waals surface area contributed by atoms with Gasteiger partial charge >= 0.3 is 6.18 Å². The summed E-state index contributed by atoms with van der Waals surface area (Å²) in [6.45, 7) is 3.70. The quantitative estimate of drug-likeness (QED) is 0.510. The predicted octanol–water partition coefficient (Wildman–Crippen LogP) is 2.81. The van der Waals surface area contributed by atoms with Crippen molar-refractivity contribution in [3.63, 3.8) is 0 Å². The second-order valence-corrected chi connectivity index (χ2v) is 9.04. The molecule has 0 aromatic heterocycles. The number of carbonyl (C=O) groups excluding carboxylic acids is 3. The lowest BCUT2D eigenvalue weighted by molar-refractivity contribution is -0.137. The first-order valence-corrected chi connectivity index (χ1v) is 11.7. The first-order valence-electron chi connectivity index (χ1n) is 11.3. The molecule has 2 unspecified atom stereocenters. The van der Waals surface area contributed by atoms with Crippen molar-refractivity contribution in [1.82, 2.24) is 20.9 Å². The molecule has 2 aromatic rings. The van der Waals surface area contributed by atoms with Gasteiger partial charge in [0.25, 0.3) is 5.91 Å². The van der Waals surface area contributed by atoms with E-state index in [0.717, 1.165) is 29.3 Å². The van der Waals surface area contributed by atoms with Crippen molar-refractivity contribution in [2.24, 2.45) is 0 Å². The highest BCUT2D eigenvalue weighted by atomic mass is 32.1. The zero-order valence-corrected chi connectivity index (χ0v) is 20.6. The first kappa shape index (κ1) is 27.1. The molecule has 11 heteroatoms. The number of nitrogens with zero attached hydrogens (tertiary/aromatic N) is 1. The average molecular weight is 521 g/mol. The van der Waals surface area contributed by atoms with Gasteiger partial charge in [-0.05, 0) is 31.5 Å². The maximum Gasteiger partial charge on any atom is 0.416 e. The summed E-state index contributed by atoms with van der Waals surface area (Å²) in [6.07, 6.45) is -4.05. The Hall–Kier alpha value is -3.47. The highest BCUT2D eigenvalue weighted by Gasteiger charge is 2.33. The Morgan fingerprint density at radius 3 is 2.36 bits per heavy atom. The summed E-state index contributed by atoms with van der Waals surface area (Å²) in [4.78, 5) is 39.0. The summed E-state index contributed by atoms with van der Waals surface area (Å²) in [5.74, 6) is -1.48. The second-order valence-electron chi connectivity index (χ2n) is 8.63. The molecule has 0 spiro atoms. The Balaban J connectivity index is 1.62. The highest BCUT2D eigenvalue weighted by Crippen LogP contribution is 2.29. The third kappa shape index (κ3) is 7.27. The van der Waals surface area contributed by atoms with Crippen LogP contribution in [-0.2, 0) is 15.8 Å². The fourth-order valence-electron chi connectivity index (χ4n) is 3.87. The van der Waals surface area contributed by atoms with Gasteiger partial charge in [-0.25, -0.2) is 0 Å². The van der Waals surface area contributed by atoms with E-state index in [1.807, 2.05) is 31.2 Å².